The lowest BCUT2D eigenvalue weighted by Crippen LogP contribution is -2.26. The average Bonchev–Trinajstić information content (AvgIpc) is 2.27. The Kier molecular flexibility index (Phi) is 3.38. The molecule has 78 valence electrons. The summed E-state index contributed by atoms with van der Waals surface area (Å²) in [7, 11) is 1.99. The van der Waals surface area contributed by atoms with Crippen LogP contribution in [-0.4, -0.2) is 0 Å². The Morgan fingerprint density at radius 2 is 1.81 bits per heavy atom. The van der Waals surface area contributed by atoms with Crippen LogP contribution in [-0.2, 0) is 7.05 Å². The molecule has 0 saturated heterocycles. The first-order valence-electron chi connectivity index (χ1n) is 4.97. The van der Waals surface area contributed by atoms with E-state index in [0.717, 1.165) is 15.6 Å². The van der Waals surface area contributed by atoms with Crippen LogP contribution >= 0.6 is 15.9 Å². The van der Waals surface area contributed by atoms with Gasteiger partial charge in [0.15, 0.2) is 12.4 Å². The van der Waals surface area contributed by atoms with E-state index in [1.165, 1.54) is 0 Å². The highest BCUT2D eigenvalue weighted by Crippen LogP contribution is 2.10. The van der Waals surface area contributed by atoms with Gasteiger partial charge in [0, 0.05) is 16.1 Å². The van der Waals surface area contributed by atoms with E-state index in [4.69, 9.17) is 0 Å². The van der Waals surface area contributed by atoms with Gasteiger partial charge in [-0.15, -0.1) is 0 Å². The van der Waals surface area contributed by atoms with Crippen LogP contribution < -0.4 is 4.57 Å². The van der Waals surface area contributed by atoms with Gasteiger partial charge in [-0.1, -0.05) is 33.8 Å². The molecule has 0 aliphatic rings. The number of aromatic nitrogens is 1. The molecule has 0 fully saturated rings. The molecule has 0 unspecified atom stereocenters. The van der Waals surface area contributed by atoms with E-state index in [1.807, 2.05) is 60.4 Å². The van der Waals surface area contributed by atoms with Gasteiger partial charge in [-0.05, 0) is 24.3 Å². The Balaban J connectivity index is 2.28. The van der Waals surface area contributed by atoms with E-state index >= 15 is 0 Å². The summed E-state index contributed by atoms with van der Waals surface area (Å²) in [5.41, 5.74) is 2.03. The molecule has 0 spiro atoms. The van der Waals surface area contributed by atoms with Gasteiger partial charge in [0.1, 0.15) is 7.05 Å². The molecule has 1 aromatic heterocycles. The third kappa shape index (κ3) is 2.95. The summed E-state index contributed by atoms with van der Waals surface area (Å²) in [5, 5.41) is 0. The van der Waals surface area contributed by atoms with Crippen LogP contribution in [0.25, 0.3) is 0 Å². The summed E-state index contributed by atoms with van der Waals surface area (Å²) in [6.07, 6.45) is 4.00. The average molecular weight is 273 g/mol. The van der Waals surface area contributed by atoms with E-state index < -0.39 is 0 Å². The molecule has 2 rings (SSSR count). The van der Waals surface area contributed by atoms with Crippen molar-refractivity contribution >= 4 is 15.9 Å². The summed E-state index contributed by atoms with van der Waals surface area (Å²) in [6, 6.07) is 12.0. The van der Waals surface area contributed by atoms with Crippen molar-refractivity contribution in [2.75, 3.05) is 0 Å². The Labute approximate surface area is 104 Å². The van der Waals surface area contributed by atoms with E-state index in [0.29, 0.717) is 0 Å². The monoisotopic (exact) mass is 272 g/mol. The van der Waals surface area contributed by atoms with Gasteiger partial charge in [0.05, 0.1) is 5.56 Å². The quantitative estimate of drug-likeness (QED) is 0.513. The van der Waals surface area contributed by atoms with E-state index in [-0.39, 0.29) is 0 Å². The smallest absolute Gasteiger partial charge is 0.184 e. The Bertz CT molecular complexity index is 515. The molecular weight excluding hydrogens is 262 g/mol. The van der Waals surface area contributed by atoms with Crippen molar-refractivity contribution in [1.82, 2.24) is 0 Å². The van der Waals surface area contributed by atoms with Crippen molar-refractivity contribution in [3.63, 3.8) is 0 Å². The van der Waals surface area contributed by atoms with Crippen LogP contribution in [0.1, 0.15) is 11.1 Å². The number of aryl methyl sites for hydroxylation is 1. The molecule has 0 amide bonds. The van der Waals surface area contributed by atoms with Gasteiger partial charge in [-0.25, -0.2) is 4.57 Å². The fourth-order valence-corrected chi connectivity index (χ4v) is 1.77. The third-order valence-electron chi connectivity index (χ3n) is 2.12. The molecule has 0 bridgehead atoms. The lowest BCUT2D eigenvalue weighted by atomic mass is 10.2. The number of hydrogen-bond acceptors (Lipinski definition) is 0. The molecule has 0 saturated carbocycles. The SMILES string of the molecule is C[n+]1cccc(C#Cc2cccc(Br)c2)c1. The topological polar surface area (TPSA) is 3.88 Å². The van der Waals surface area contributed by atoms with Crippen molar-refractivity contribution in [2.45, 2.75) is 0 Å². The standard InChI is InChI=1S/C14H11BrN/c1-16-9-3-5-13(11-16)8-7-12-4-2-6-14(15)10-12/h2-6,9-11H,1H3/q+1. The molecule has 1 aromatic carbocycles. The first kappa shape index (κ1) is 10.9. The highest BCUT2D eigenvalue weighted by atomic mass is 79.9. The second-order valence-corrected chi connectivity index (χ2v) is 4.43. The van der Waals surface area contributed by atoms with Crippen molar-refractivity contribution in [3.8, 4) is 11.8 Å². The van der Waals surface area contributed by atoms with Crippen LogP contribution in [0.4, 0.5) is 0 Å². The minimum atomic E-state index is 1.01. The Hall–Kier alpha value is -1.59. The normalized spacial score (nSPS) is 9.38. The maximum absolute atomic E-state index is 3.43. The zero-order valence-corrected chi connectivity index (χ0v) is 10.5. The van der Waals surface area contributed by atoms with Crippen LogP contribution in [0.15, 0.2) is 53.3 Å². The zero-order chi connectivity index (χ0) is 11.4. The fourth-order valence-electron chi connectivity index (χ4n) is 1.37. The maximum Gasteiger partial charge on any atom is 0.184 e. The summed E-state index contributed by atoms with van der Waals surface area (Å²) in [4.78, 5) is 0. The van der Waals surface area contributed by atoms with Gasteiger partial charge in [-0.3, -0.25) is 0 Å². The van der Waals surface area contributed by atoms with E-state index in [1.54, 1.807) is 0 Å². The van der Waals surface area contributed by atoms with Gasteiger partial charge in [0.25, 0.3) is 0 Å². The summed E-state index contributed by atoms with van der Waals surface area (Å²) in [6.45, 7) is 0. The second-order valence-electron chi connectivity index (χ2n) is 3.52. The van der Waals surface area contributed by atoms with Crippen LogP contribution in [0.3, 0.4) is 0 Å². The maximum atomic E-state index is 3.43. The lowest BCUT2D eigenvalue weighted by molar-refractivity contribution is -0.671. The molecule has 2 aromatic rings. The molecule has 0 radical (unpaired) electrons. The van der Waals surface area contributed by atoms with Crippen LogP contribution in [0.2, 0.25) is 0 Å². The highest BCUT2D eigenvalue weighted by Gasteiger charge is 1.93. The van der Waals surface area contributed by atoms with Gasteiger partial charge >= 0.3 is 0 Å². The van der Waals surface area contributed by atoms with Gasteiger partial charge < -0.3 is 0 Å². The number of rotatable bonds is 0. The molecule has 0 aliphatic carbocycles. The van der Waals surface area contributed by atoms with Crippen molar-refractivity contribution in [1.29, 1.82) is 0 Å². The molecule has 0 aliphatic heterocycles. The minimum absolute atomic E-state index is 1.01. The van der Waals surface area contributed by atoms with E-state index in [9.17, 15) is 0 Å². The molecule has 1 heterocycles. The third-order valence-corrected chi connectivity index (χ3v) is 2.61. The van der Waals surface area contributed by atoms with Crippen molar-refractivity contribution < 1.29 is 4.57 Å². The van der Waals surface area contributed by atoms with Gasteiger partial charge in [0.2, 0.25) is 0 Å². The molecule has 16 heavy (non-hydrogen) atoms. The first-order valence-corrected chi connectivity index (χ1v) is 5.76. The number of pyridine rings is 1. The van der Waals surface area contributed by atoms with Crippen molar-refractivity contribution in [2.24, 2.45) is 7.05 Å². The second kappa shape index (κ2) is 4.96. The molecule has 0 atom stereocenters. The molecule has 1 nitrogen and oxygen atoms in total. The fraction of sp³-hybridized carbons (Fsp3) is 0.0714. The summed E-state index contributed by atoms with van der Waals surface area (Å²) < 4.78 is 3.04. The lowest BCUT2D eigenvalue weighted by Gasteiger charge is -1.91. The summed E-state index contributed by atoms with van der Waals surface area (Å²) in [5.74, 6) is 6.27. The largest absolute Gasteiger partial charge is 0.207 e. The van der Waals surface area contributed by atoms with Crippen molar-refractivity contribution in [3.05, 3.63) is 64.4 Å². The van der Waals surface area contributed by atoms with Gasteiger partial charge in [-0.2, -0.15) is 0 Å². The minimum Gasteiger partial charge on any atom is -0.207 e. The Morgan fingerprint density at radius 1 is 1.06 bits per heavy atom. The number of halogens is 1. The number of hydrogen-bond donors (Lipinski definition) is 0. The van der Waals surface area contributed by atoms with E-state index in [2.05, 4.69) is 27.8 Å². The number of benzene rings is 1. The first-order chi connectivity index (χ1) is 7.74. The molecule has 2 heteroatoms. The molecular formula is C14H11BrN+. The summed E-state index contributed by atoms with van der Waals surface area (Å²) >= 11 is 3.43. The van der Waals surface area contributed by atoms with Crippen LogP contribution in [0, 0.1) is 11.8 Å². The predicted molar refractivity (Wildman–Crippen MR) is 67.7 cm³/mol. The highest BCUT2D eigenvalue weighted by molar-refractivity contribution is 9.10. The predicted octanol–water partition coefficient (Wildman–Crippen LogP) is 2.67. The van der Waals surface area contributed by atoms with Crippen LogP contribution in [0.5, 0.6) is 0 Å². The molecule has 0 N–H and O–H groups in total. The zero-order valence-electron chi connectivity index (χ0n) is 8.94. The number of nitrogens with zero attached hydrogens (tertiary/aromatic N) is 1. The Morgan fingerprint density at radius 3 is 2.56 bits per heavy atom.